The van der Waals surface area contributed by atoms with Crippen molar-refractivity contribution in [2.75, 3.05) is 11.9 Å². The van der Waals surface area contributed by atoms with Crippen LogP contribution in [0.5, 0.6) is 0 Å². The molecule has 3 rings (SSSR count). The third-order valence-electron chi connectivity index (χ3n) is 3.93. The van der Waals surface area contributed by atoms with Crippen LogP contribution in [0.2, 0.25) is 0 Å². The summed E-state index contributed by atoms with van der Waals surface area (Å²) < 4.78 is 14.3. The van der Waals surface area contributed by atoms with Crippen LogP contribution in [0, 0.1) is 5.82 Å². The molecule has 0 atom stereocenters. The topological polar surface area (TPSA) is 49.4 Å². The monoisotopic (exact) mass is 478 g/mol. The van der Waals surface area contributed by atoms with Crippen molar-refractivity contribution in [2.24, 2.45) is 0 Å². The van der Waals surface area contributed by atoms with Crippen LogP contribution in [0.1, 0.15) is 18.4 Å². The normalized spacial score (nSPS) is 15.4. The maximum atomic E-state index is 12.9. The van der Waals surface area contributed by atoms with E-state index in [4.69, 9.17) is 12.2 Å². The molecule has 0 bridgehead atoms. The summed E-state index contributed by atoms with van der Waals surface area (Å²) >= 11 is 9.99. The number of carbonyl (C=O) groups is 2. The van der Waals surface area contributed by atoms with Crippen LogP contribution in [0.4, 0.5) is 10.1 Å². The highest BCUT2D eigenvalue weighted by Crippen LogP contribution is 2.33. The van der Waals surface area contributed by atoms with Crippen LogP contribution < -0.4 is 5.32 Å². The minimum Gasteiger partial charge on any atom is -0.326 e. The van der Waals surface area contributed by atoms with E-state index in [-0.39, 0.29) is 24.1 Å². The fraction of sp³-hybridized carbons (Fsp3) is 0.150. The average molecular weight is 479 g/mol. The smallest absolute Gasteiger partial charge is 0.266 e. The van der Waals surface area contributed by atoms with Gasteiger partial charge >= 0.3 is 0 Å². The maximum Gasteiger partial charge on any atom is 0.266 e. The van der Waals surface area contributed by atoms with Gasteiger partial charge in [-0.3, -0.25) is 14.5 Å². The number of halogens is 2. The molecule has 2 aromatic rings. The van der Waals surface area contributed by atoms with E-state index < -0.39 is 0 Å². The molecule has 144 valence electrons. The van der Waals surface area contributed by atoms with E-state index in [2.05, 4.69) is 21.2 Å². The summed E-state index contributed by atoms with van der Waals surface area (Å²) in [4.78, 5) is 26.7. The Morgan fingerprint density at radius 1 is 1.25 bits per heavy atom. The lowest BCUT2D eigenvalue weighted by atomic mass is 10.2. The van der Waals surface area contributed by atoms with Crippen LogP contribution in [0.3, 0.4) is 0 Å². The van der Waals surface area contributed by atoms with Gasteiger partial charge in [-0.25, -0.2) is 4.39 Å². The number of thioether (sulfide) groups is 1. The lowest BCUT2D eigenvalue weighted by Crippen LogP contribution is -2.29. The summed E-state index contributed by atoms with van der Waals surface area (Å²) in [5, 5.41) is 2.70. The van der Waals surface area contributed by atoms with Crippen molar-refractivity contribution in [1.29, 1.82) is 0 Å². The second kappa shape index (κ2) is 9.45. The number of thiocarbonyl (C=S) groups is 1. The van der Waals surface area contributed by atoms with Gasteiger partial charge in [-0.05, 0) is 54.5 Å². The van der Waals surface area contributed by atoms with Gasteiger partial charge in [-0.2, -0.15) is 0 Å². The highest BCUT2D eigenvalue weighted by atomic mass is 79.9. The Morgan fingerprint density at radius 3 is 2.71 bits per heavy atom. The van der Waals surface area contributed by atoms with Gasteiger partial charge in [0, 0.05) is 23.1 Å². The zero-order chi connectivity index (χ0) is 20.1. The molecule has 28 heavy (non-hydrogen) atoms. The summed E-state index contributed by atoms with van der Waals surface area (Å²) in [7, 11) is 0. The second-order valence-corrected chi connectivity index (χ2v) is 8.64. The predicted molar refractivity (Wildman–Crippen MR) is 118 cm³/mol. The Hall–Kier alpha value is -2.03. The lowest BCUT2D eigenvalue weighted by Gasteiger charge is -2.14. The van der Waals surface area contributed by atoms with Crippen LogP contribution in [-0.4, -0.2) is 27.6 Å². The van der Waals surface area contributed by atoms with Crippen LogP contribution in [0.25, 0.3) is 6.08 Å². The number of benzene rings is 2. The molecule has 0 spiro atoms. The molecule has 8 heteroatoms. The average Bonchev–Trinajstić information content (AvgIpc) is 2.91. The molecule has 1 N–H and O–H groups in total. The number of hydrogen-bond donors (Lipinski definition) is 1. The number of carbonyl (C=O) groups excluding carboxylic acids is 2. The van der Waals surface area contributed by atoms with E-state index in [0.717, 1.165) is 10.0 Å². The van der Waals surface area contributed by atoms with E-state index in [0.29, 0.717) is 27.9 Å². The zero-order valence-corrected chi connectivity index (χ0v) is 17.9. The van der Waals surface area contributed by atoms with Gasteiger partial charge in [0.2, 0.25) is 5.91 Å². The summed E-state index contributed by atoms with van der Waals surface area (Å²) in [5.41, 5.74) is 1.45. The highest BCUT2D eigenvalue weighted by molar-refractivity contribution is 9.10. The number of hydrogen-bond acceptors (Lipinski definition) is 4. The first-order valence-corrected chi connectivity index (χ1v) is 10.5. The molecule has 1 heterocycles. The SMILES string of the molecule is O=C(CCCN1C(=O)C(=Cc2cccc(Br)c2)SC1=S)Nc1ccc(F)cc1. The molecule has 0 saturated carbocycles. The maximum absolute atomic E-state index is 12.9. The van der Waals surface area contributed by atoms with Crippen LogP contribution in [0.15, 0.2) is 57.9 Å². The van der Waals surface area contributed by atoms with Crippen molar-refractivity contribution >= 4 is 67.8 Å². The first-order valence-electron chi connectivity index (χ1n) is 8.49. The third-order valence-corrected chi connectivity index (χ3v) is 5.80. The Labute approximate surface area is 180 Å². The van der Waals surface area contributed by atoms with Gasteiger partial charge in [-0.15, -0.1) is 0 Å². The van der Waals surface area contributed by atoms with Crippen molar-refractivity contribution in [3.63, 3.8) is 0 Å². The van der Waals surface area contributed by atoms with Crippen molar-refractivity contribution < 1.29 is 14.0 Å². The minimum absolute atomic E-state index is 0.145. The summed E-state index contributed by atoms with van der Waals surface area (Å²) in [6, 6.07) is 13.2. The van der Waals surface area contributed by atoms with Gasteiger partial charge in [0.25, 0.3) is 5.91 Å². The fourth-order valence-electron chi connectivity index (χ4n) is 2.59. The van der Waals surface area contributed by atoms with Crippen molar-refractivity contribution in [3.8, 4) is 0 Å². The summed E-state index contributed by atoms with van der Waals surface area (Å²) in [6.07, 6.45) is 2.52. The van der Waals surface area contributed by atoms with Crippen molar-refractivity contribution in [2.45, 2.75) is 12.8 Å². The van der Waals surface area contributed by atoms with E-state index in [9.17, 15) is 14.0 Å². The number of nitrogens with one attached hydrogen (secondary N) is 1. The van der Waals surface area contributed by atoms with E-state index in [1.54, 1.807) is 0 Å². The standard InChI is InChI=1S/C20H16BrFN2O2S2/c21-14-4-1-3-13(11-14)12-17-19(26)24(20(27)28-17)10-2-5-18(25)23-16-8-6-15(22)7-9-16/h1,3-4,6-9,11-12H,2,5,10H2,(H,23,25). The molecule has 0 aromatic heterocycles. The molecular formula is C20H16BrFN2O2S2. The van der Waals surface area contributed by atoms with Gasteiger partial charge in [0.1, 0.15) is 10.1 Å². The molecule has 2 aromatic carbocycles. The lowest BCUT2D eigenvalue weighted by molar-refractivity contribution is -0.122. The Balaban J connectivity index is 1.53. The fourth-order valence-corrected chi connectivity index (χ4v) is 4.32. The largest absolute Gasteiger partial charge is 0.326 e. The third kappa shape index (κ3) is 5.50. The summed E-state index contributed by atoms with van der Waals surface area (Å²) in [5.74, 6) is -0.695. The molecule has 4 nitrogen and oxygen atoms in total. The van der Waals surface area contributed by atoms with Gasteiger partial charge in [-0.1, -0.05) is 52.0 Å². The van der Waals surface area contributed by atoms with Gasteiger partial charge < -0.3 is 5.32 Å². The van der Waals surface area contributed by atoms with Crippen LogP contribution in [-0.2, 0) is 9.59 Å². The van der Waals surface area contributed by atoms with Crippen molar-refractivity contribution in [1.82, 2.24) is 4.90 Å². The molecule has 0 aliphatic carbocycles. The zero-order valence-electron chi connectivity index (χ0n) is 14.7. The number of rotatable bonds is 6. The van der Waals surface area contributed by atoms with E-state index in [1.165, 1.54) is 40.9 Å². The first kappa shape index (κ1) is 20.7. The van der Waals surface area contributed by atoms with Gasteiger partial charge in [0.15, 0.2) is 0 Å². The molecule has 1 saturated heterocycles. The summed E-state index contributed by atoms with van der Waals surface area (Å²) in [6.45, 7) is 0.372. The quantitative estimate of drug-likeness (QED) is 0.457. The molecule has 1 fully saturated rings. The number of amides is 2. The predicted octanol–water partition coefficient (Wildman–Crippen LogP) is 5.21. The molecule has 1 aliphatic heterocycles. The molecular weight excluding hydrogens is 463 g/mol. The Kier molecular flexibility index (Phi) is 6.98. The van der Waals surface area contributed by atoms with E-state index in [1.807, 2.05) is 30.3 Å². The number of anilines is 1. The minimum atomic E-state index is -0.358. The van der Waals surface area contributed by atoms with Gasteiger partial charge in [0.05, 0.1) is 4.91 Å². The molecule has 1 aliphatic rings. The molecule has 2 amide bonds. The Morgan fingerprint density at radius 2 is 2.00 bits per heavy atom. The highest BCUT2D eigenvalue weighted by Gasteiger charge is 2.31. The van der Waals surface area contributed by atoms with Crippen LogP contribution >= 0.6 is 39.9 Å². The number of nitrogens with zero attached hydrogens (tertiary/aromatic N) is 1. The van der Waals surface area contributed by atoms with E-state index >= 15 is 0 Å². The Bertz CT molecular complexity index is 947. The molecule has 0 radical (unpaired) electrons. The first-order chi connectivity index (χ1) is 13.4. The molecule has 0 unspecified atom stereocenters. The van der Waals surface area contributed by atoms with Crippen molar-refractivity contribution in [3.05, 3.63) is 69.3 Å². The second-order valence-electron chi connectivity index (χ2n) is 6.05.